The lowest BCUT2D eigenvalue weighted by molar-refractivity contribution is 0.178. The molecule has 20 heavy (non-hydrogen) atoms. The average Bonchev–Trinajstić information content (AvgIpc) is 2.34. The standard InChI is InChI=1S/C15H32O4S/c1-3-4-5-6-7-8-9-10-11-12-13-15(14(2)16)20(17,18)19/h14-16H,3-13H2,1-2H3,(H,17,18,19). The van der Waals surface area contributed by atoms with Crippen LogP contribution in [0.15, 0.2) is 0 Å². The maximum absolute atomic E-state index is 11.1. The molecule has 4 nitrogen and oxygen atoms in total. The zero-order valence-corrected chi connectivity index (χ0v) is 13.9. The van der Waals surface area contributed by atoms with Crippen LogP contribution in [0.2, 0.25) is 0 Å². The van der Waals surface area contributed by atoms with Gasteiger partial charge < -0.3 is 5.11 Å². The third-order valence-electron chi connectivity index (χ3n) is 3.76. The molecule has 0 aliphatic heterocycles. The molecule has 0 fully saturated rings. The second-order valence-electron chi connectivity index (χ2n) is 5.76. The molecule has 2 unspecified atom stereocenters. The zero-order valence-electron chi connectivity index (χ0n) is 13.1. The van der Waals surface area contributed by atoms with E-state index in [0.717, 1.165) is 19.3 Å². The van der Waals surface area contributed by atoms with Crippen LogP contribution in [0.5, 0.6) is 0 Å². The molecule has 0 bridgehead atoms. The molecule has 0 aromatic rings. The lowest BCUT2D eigenvalue weighted by atomic mass is 10.0. The monoisotopic (exact) mass is 308 g/mol. The minimum absolute atomic E-state index is 0.340. The van der Waals surface area contributed by atoms with Crippen LogP contribution >= 0.6 is 0 Å². The minimum Gasteiger partial charge on any atom is -0.392 e. The van der Waals surface area contributed by atoms with Crippen molar-refractivity contribution in [3.8, 4) is 0 Å². The SMILES string of the molecule is CCCCCCCCCCCCC(C(C)O)S(=O)(=O)O. The summed E-state index contributed by atoms with van der Waals surface area (Å²) in [5.74, 6) is 0. The Hall–Kier alpha value is -0.130. The first-order valence-electron chi connectivity index (χ1n) is 8.04. The van der Waals surface area contributed by atoms with Crippen LogP contribution in [0, 0.1) is 0 Å². The van der Waals surface area contributed by atoms with Crippen molar-refractivity contribution >= 4 is 10.1 Å². The minimum atomic E-state index is -4.12. The molecular formula is C15H32O4S. The van der Waals surface area contributed by atoms with Crippen molar-refractivity contribution in [2.24, 2.45) is 0 Å². The van der Waals surface area contributed by atoms with Crippen molar-refractivity contribution in [2.75, 3.05) is 0 Å². The fraction of sp³-hybridized carbons (Fsp3) is 1.00. The maximum atomic E-state index is 11.1. The predicted molar refractivity (Wildman–Crippen MR) is 83.5 cm³/mol. The van der Waals surface area contributed by atoms with Gasteiger partial charge in [0, 0.05) is 0 Å². The van der Waals surface area contributed by atoms with Gasteiger partial charge in [0.25, 0.3) is 10.1 Å². The summed E-state index contributed by atoms with van der Waals surface area (Å²) in [7, 11) is -4.12. The molecule has 0 aromatic heterocycles. The summed E-state index contributed by atoms with van der Waals surface area (Å²) in [4.78, 5) is 0. The van der Waals surface area contributed by atoms with Crippen LogP contribution in [0.4, 0.5) is 0 Å². The summed E-state index contributed by atoms with van der Waals surface area (Å²) in [5.41, 5.74) is 0. The zero-order chi connectivity index (χ0) is 15.4. The van der Waals surface area contributed by atoms with Gasteiger partial charge in [-0.25, -0.2) is 0 Å². The Balaban J connectivity index is 3.52. The summed E-state index contributed by atoms with van der Waals surface area (Å²) >= 11 is 0. The van der Waals surface area contributed by atoms with Crippen molar-refractivity contribution < 1.29 is 18.1 Å². The Morgan fingerprint density at radius 1 is 0.850 bits per heavy atom. The fourth-order valence-corrected chi connectivity index (χ4v) is 3.43. The van der Waals surface area contributed by atoms with E-state index in [1.165, 1.54) is 51.9 Å². The van der Waals surface area contributed by atoms with Gasteiger partial charge in [-0.2, -0.15) is 8.42 Å². The number of unbranched alkanes of at least 4 members (excludes halogenated alkanes) is 9. The molecule has 0 heterocycles. The van der Waals surface area contributed by atoms with E-state index in [-0.39, 0.29) is 0 Å². The second-order valence-corrected chi connectivity index (χ2v) is 7.40. The van der Waals surface area contributed by atoms with Crippen LogP contribution in [-0.4, -0.2) is 29.4 Å². The van der Waals surface area contributed by atoms with Gasteiger partial charge in [0.05, 0.1) is 6.10 Å². The van der Waals surface area contributed by atoms with Crippen LogP contribution < -0.4 is 0 Å². The fourth-order valence-electron chi connectivity index (χ4n) is 2.47. The number of hydrogen-bond donors (Lipinski definition) is 2. The number of rotatable bonds is 13. The third-order valence-corrected chi connectivity index (χ3v) is 5.16. The van der Waals surface area contributed by atoms with E-state index in [2.05, 4.69) is 6.92 Å². The Labute approximate surface area is 124 Å². The highest BCUT2D eigenvalue weighted by Crippen LogP contribution is 2.16. The van der Waals surface area contributed by atoms with Crippen molar-refractivity contribution in [3.05, 3.63) is 0 Å². The lowest BCUT2D eigenvalue weighted by Crippen LogP contribution is -2.31. The Morgan fingerprint density at radius 3 is 1.60 bits per heavy atom. The smallest absolute Gasteiger partial charge is 0.270 e. The number of aliphatic hydroxyl groups is 1. The summed E-state index contributed by atoms with van der Waals surface area (Å²) in [6, 6.07) is 0. The molecule has 0 aliphatic rings. The molecule has 0 rings (SSSR count). The highest BCUT2D eigenvalue weighted by molar-refractivity contribution is 7.86. The quantitative estimate of drug-likeness (QED) is 0.399. The molecule has 122 valence electrons. The van der Waals surface area contributed by atoms with Gasteiger partial charge in [-0.1, -0.05) is 71.1 Å². The first-order chi connectivity index (χ1) is 9.39. The molecule has 2 atom stereocenters. The van der Waals surface area contributed by atoms with Crippen LogP contribution in [0.1, 0.15) is 84.5 Å². The van der Waals surface area contributed by atoms with Gasteiger partial charge in [-0.15, -0.1) is 0 Å². The topological polar surface area (TPSA) is 74.6 Å². The van der Waals surface area contributed by atoms with Crippen molar-refractivity contribution in [1.29, 1.82) is 0 Å². The van der Waals surface area contributed by atoms with Crippen molar-refractivity contribution in [2.45, 2.75) is 95.8 Å². The van der Waals surface area contributed by atoms with Gasteiger partial charge in [-0.05, 0) is 13.3 Å². The number of aliphatic hydroxyl groups excluding tert-OH is 1. The van der Waals surface area contributed by atoms with Gasteiger partial charge in [0.1, 0.15) is 5.25 Å². The largest absolute Gasteiger partial charge is 0.392 e. The molecule has 0 saturated heterocycles. The molecule has 0 aromatic carbocycles. The highest BCUT2D eigenvalue weighted by atomic mass is 32.2. The van der Waals surface area contributed by atoms with Crippen LogP contribution in [-0.2, 0) is 10.1 Å². The summed E-state index contributed by atoms with van der Waals surface area (Å²) in [6.45, 7) is 3.63. The molecule has 0 saturated carbocycles. The molecular weight excluding hydrogens is 276 g/mol. The molecule has 0 spiro atoms. The Kier molecular flexibility index (Phi) is 11.4. The van der Waals surface area contributed by atoms with Gasteiger partial charge in [0.2, 0.25) is 0 Å². The van der Waals surface area contributed by atoms with Crippen molar-refractivity contribution in [3.63, 3.8) is 0 Å². The Morgan fingerprint density at radius 2 is 1.25 bits per heavy atom. The first kappa shape index (κ1) is 19.9. The predicted octanol–water partition coefficient (Wildman–Crippen LogP) is 3.93. The Bertz CT molecular complexity index is 312. The molecule has 0 aliphatic carbocycles. The maximum Gasteiger partial charge on any atom is 0.270 e. The van der Waals surface area contributed by atoms with E-state index in [9.17, 15) is 13.5 Å². The molecule has 0 amide bonds. The summed E-state index contributed by atoms with van der Waals surface area (Å²) in [6.07, 6.45) is 11.1. The second kappa shape index (κ2) is 11.5. The summed E-state index contributed by atoms with van der Waals surface area (Å²) in [5, 5.41) is 8.32. The number of hydrogen-bond acceptors (Lipinski definition) is 3. The van der Waals surface area contributed by atoms with E-state index < -0.39 is 21.5 Å². The van der Waals surface area contributed by atoms with Crippen molar-refractivity contribution in [1.82, 2.24) is 0 Å². The third kappa shape index (κ3) is 10.6. The first-order valence-corrected chi connectivity index (χ1v) is 9.54. The van der Waals surface area contributed by atoms with Gasteiger partial charge in [-0.3, -0.25) is 4.55 Å². The van der Waals surface area contributed by atoms with E-state index in [0.29, 0.717) is 6.42 Å². The van der Waals surface area contributed by atoms with Gasteiger partial charge >= 0.3 is 0 Å². The van der Waals surface area contributed by atoms with E-state index >= 15 is 0 Å². The van der Waals surface area contributed by atoms with E-state index in [1.54, 1.807) is 0 Å². The molecule has 0 radical (unpaired) electrons. The normalized spacial score (nSPS) is 15.2. The molecule has 2 N–H and O–H groups in total. The molecule has 5 heteroatoms. The van der Waals surface area contributed by atoms with E-state index in [4.69, 9.17) is 4.55 Å². The van der Waals surface area contributed by atoms with Crippen LogP contribution in [0.25, 0.3) is 0 Å². The van der Waals surface area contributed by atoms with Crippen LogP contribution in [0.3, 0.4) is 0 Å². The highest BCUT2D eigenvalue weighted by Gasteiger charge is 2.27. The van der Waals surface area contributed by atoms with E-state index in [1.807, 2.05) is 0 Å². The lowest BCUT2D eigenvalue weighted by Gasteiger charge is -2.16. The van der Waals surface area contributed by atoms with Gasteiger partial charge in [0.15, 0.2) is 0 Å². The average molecular weight is 308 g/mol. The summed E-state index contributed by atoms with van der Waals surface area (Å²) < 4.78 is 31.1.